The molecular weight excluding hydrogens is 252 g/mol. The van der Waals surface area contributed by atoms with Gasteiger partial charge in [0, 0.05) is 23.2 Å². The first kappa shape index (κ1) is 14.6. The van der Waals surface area contributed by atoms with Gasteiger partial charge in [-0.3, -0.25) is 0 Å². The number of nitrogens with one attached hydrogen (secondary N) is 1. The predicted octanol–water partition coefficient (Wildman–Crippen LogP) is 2.75. The standard InChI is InChI=1S/C13H17ClN2O2/c1-4-11(7-15)18-13-9(8-16-2)5-10(14)6-12(13)17-3/h5-6,11,16H,4,8H2,1-3H3. The summed E-state index contributed by atoms with van der Waals surface area (Å²) in [5, 5.41) is 12.6. The number of methoxy groups -OCH3 is 1. The van der Waals surface area contributed by atoms with Crippen molar-refractivity contribution in [2.24, 2.45) is 0 Å². The van der Waals surface area contributed by atoms with E-state index in [-0.39, 0.29) is 0 Å². The Kier molecular flexibility index (Phi) is 5.76. The maximum Gasteiger partial charge on any atom is 0.184 e. The molecule has 0 saturated heterocycles. The van der Waals surface area contributed by atoms with Crippen LogP contribution in [0, 0.1) is 11.3 Å². The van der Waals surface area contributed by atoms with Crippen LogP contribution in [0.15, 0.2) is 12.1 Å². The van der Waals surface area contributed by atoms with Crippen molar-refractivity contribution in [2.75, 3.05) is 14.2 Å². The number of nitriles is 1. The Hall–Kier alpha value is -1.44. The highest BCUT2D eigenvalue weighted by Gasteiger charge is 2.16. The van der Waals surface area contributed by atoms with Crippen LogP contribution < -0.4 is 14.8 Å². The van der Waals surface area contributed by atoms with Gasteiger partial charge < -0.3 is 14.8 Å². The summed E-state index contributed by atoms with van der Waals surface area (Å²) in [6.45, 7) is 2.49. The van der Waals surface area contributed by atoms with Crippen LogP contribution in [0.25, 0.3) is 0 Å². The fraction of sp³-hybridized carbons (Fsp3) is 0.462. The third-order valence-corrected chi connectivity index (χ3v) is 2.68. The first-order chi connectivity index (χ1) is 8.65. The largest absolute Gasteiger partial charge is 0.493 e. The maximum absolute atomic E-state index is 8.97. The first-order valence-corrected chi connectivity index (χ1v) is 6.11. The summed E-state index contributed by atoms with van der Waals surface area (Å²) in [5.41, 5.74) is 0.871. The fourth-order valence-electron chi connectivity index (χ4n) is 1.57. The number of benzene rings is 1. The molecular formula is C13H17ClN2O2. The molecule has 1 rings (SSSR count). The second-order valence-corrected chi connectivity index (χ2v) is 4.21. The van der Waals surface area contributed by atoms with Crippen molar-refractivity contribution in [2.45, 2.75) is 26.0 Å². The Morgan fingerprint density at radius 2 is 2.22 bits per heavy atom. The minimum Gasteiger partial charge on any atom is -0.493 e. The van der Waals surface area contributed by atoms with E-state index in [0.29, 0.717) is 29.5 Å². The summed E-state index contributed by atoms with van der Waals surface area (Å²) in [5.74, 6) is 1.12. The molecule has 5 heteroatoms. The van der Waals surface area contributed by atoms with E-state index in [1.54, 1.807) is 19.2 Å². The Bertz CT molecular complexity index is 443. The van der Waals surface area contributed by atoms with E-state index in [4.69, 9.17) is 26.3 Å². The Labute approximate surface area is 112 Å². The number of hydrogen-bond donors (Lipinski definition) is 1. The van der Waals surface area contributed by atoms with E-state index in [2.05, 4.69) is 11.4 Å². The van der Waals surface area contributed by atoms with Gasteiger partial charge >= 0.3 is 0 Å². The van der Waals surface area contributed by atoms with E-state index in [1.807, 2.05) is 14.0 Å². The van der Waals surface area contributed by atoms with Gasteiger partial charge in [-0.15, -0.1) is 0 Å². The monoisotopic (exact) mass is 268 g/mol. The van der Waals surface area contributed by atoms with Gasteiger partial charge in [0.2, 0.25) is 0 Å². The molecule has 0 heterocycles. The van der Waals surface area contributed by atoms with Crippen molar-refractivity contribution in [3.05, 3.63) is 22.7 Å². The lowest BCUT2D eigenvalue weighted by Gasteiger charge is -2.18. The lowest BCUT2D eigenvalue weighted by atomic mass is 10.1. The molecule has 0 aliphatic carbocycles. The van der Waals surface area contributed by atoms with E-state index in [9.17, 15) is 0 Å². The van der Waals surface area contributed by atoms with Crippen molar-refractivity contribution in [3.8, 4) is 17.6 Å². The molecule has 4 nitrogen and oxygen atoms in total. The molecule has 0 aromatic heterocycles. The van der Waals surface area contributed by atoms with Crippen molar-refractivity contribution in [1.29, 1.82) is 5.26 Å². The zero-order chi connectivity index (χ0) is 13.5. The Morgan fingerprint density at radius 1 is 1.50 bits per heavy atom. The molecule has 1 unspecified atom stereocenters. The van der Waals surface area contributed by atoms with Gasteiger partial charge in [-0.2, -0.15) is 5.26 Å². The van der Waals surface area contributed by atoms with Crippen molar-refractivity contribution in [3.63, 3.8) is 0 Å². The highest BCUT2D eigenvalue weighted by Crippen LogP contribution is 2.35. The summed E-state index contributed by atoms with van der Waals surface area (Å²) in [4.78, 5) is 0. The minimum atomic E-state index is -0.490. The summed E-state index contributed by atoms with van der Waals surface area (Å²) < 4.78 is 10.9. The lowest BCUT2D eigenvalue weighted by Crippen LogP contribution is -2.16. The average molecular weight is 269 g/mol. The van der Waals surface area contributed by atoms with Crippen LogP contribution in [0.1, 0.15) is 18.9 Å². The van der Waals surface area contributed by atoms with Crippen LogP contribution in [0.4, 0.5) is 0 Å². The van der Waals surface area contributed by atoms with E-state index >= 15 is 0 Å². The molecule has 1 aromatic carbocycles. The Morgan fingerprint density at radius 3 is 2.72 bits per heavy atom. The molecule has 0 aliphatic heterocycles. The van der Waals surface area contributed by atoms with E-state index in [0.717, 1.165) is 5.56 Å². The van der Waals surface area contributed by atoms with Gasteiger partial charge in [0.1, 0.15) is 6.07 Å². The van der Waals surface area contributed by atoms with E-state index < -0.39 is 6.10 Å². The van der Waals surface area contributed by atoms with Crippen molar-refractivity contribution >= 4 is 11.6 Å². The predicted molar refractivity (Wildman–Crippen MR) is 71.1 cm³/mol. The maximum atomic E-state index is 8.97. The molecule has 0 radical (unpaired) electrons. The van der Waals surface area contributed by atoms with Crippen LogP contribution in [0.5, 0.6) is 11.5 Å². The number of halogens is 1. The van der Waals surface area contributed by atoms with Gasteiger partial charge in [0.15, 0.2) is 17.6 Å². The second-order valence-electron chi connectivity index (χ2n) is 3.77. The van der Waals surface area contributed by atoms with Crippen LogP contribution in [-0.2, 0) is 6.54 Å². The van der Waals surface area contributed by atoms with Crippen molar-refractivity contribution in [1.82, 2.24) is 5.32 Å². The zero-order valence-electron chi connectivity index (χ0n) is 10.8. The lowest BCUT2D eigenvalue weighted by molar-refractivity contribution is 0.236. The van der Waals surface area contributed by atoms with Crippen LogP contribution in [-0.4, -0.2) is 20.3 Å². The number of hydrogen-bond acceptors (Lipinski definition) is 4. The highest BCUT2D eigenvalue weighted by atomic mass is 35.5. The third-order valence-electron chi connectivity index (χ3n) is 2.46. The topological polar surface area (TPSA) is 54.3 Å². The summed E-state index contributed by atoms with van der Waals surface area (Å²) >= 11 is 6.01. The molecule has 1 atom stereocenters. The molecule has 18 heavy (non-hydrogen) atoms. The minimum absolute atomic E-state index is 0.490. The normalized spacial score (nSPS) is 11.7. The fourth-order valence-corrected chi connectivity index (χ4v) is 1.80. The van der Waals surface area contributed by atoms with Crippen LogP contribution >= 0.6 is 11.6 Å². The Balaban J connectivity index is 3.16. The number of ether oxygens (including phenoxy) is 2. The molecule has 1 N–H and O–H groups in total. The van der Waals surface area contributed by atoms with Gasteiger partial charge in [-0.05, 0) is 19.5 Å². The van der Waals surface area contributed by atoms with Crippen LogP contribution in [0.3, 0.4) is 0 Å². The third kappa shape index (κ3) is 3.52. The summed E-state index contributed by atoms with van der Waals surface area (Å²) in [7, 11) is 3.38. The quantitative estimate of drug-likeness (QED) is 0.862. The van der Waals surface area contributed by atoms with E-state index in [1.165, 1.54) is 0 Å². The summed E-state index contributed by atoms with van der Waals surface area (Å²) in [6.07, 6.45) is 0.122. The summed E-state index contributed by atoms with van der Waals surface area (Å²) in [6, 6.07) is 5.59. The van der Waals surface area contributed by atoms with Crippen molar-refractivity contribution < 1.29 is 9.47 Å². The zero-order valence-corrected chi connectivity index (χ0v) is 11.5. The molecule has 98 valence electrons. The molecule has 0 spiro atoms. The highest BCUT2D eigenvalue weighted by molar-refractivity contribution is 6.30. The molecule has 0 amide bonds. The molecule has 0 fully saturated rings. The molecule has 0 aliphatic rings. The number of nitrogens with zero attached hydrogens (tertiary/aromatic N) is 1. The van der Waals surface area contributed by atoms with Crippen LogP contribution in [0.2, 0.25) is 5.02 Å². The molecule has 0 bridgehead atoms. The van der Waals surface area contributed by atoms with Gasteiger partial charge in [0.25, 0.3) is 0 Å². The van der Waals surface area contributed by atoms with Gasteiger partial charge in [0.05, 0.1) is 7.11 Å². The van der Waals surface area contributed by atoms with Gasteiger partial charge in [-0.25, -0.2) is 0 Å². The smallest absolute Gasteiger partial charge is 0.184 e. The number of rotatable bonds is 6. The second kappa shape index (κ2) is 7.10. The van der Waals surface area contributed by atoms with Gasteiger partial charge in [-0.1, -0.05) is 18.5 Å². The molecule has 0 saturated carbocycles. The average Bonchev–Trinajstić information content (AvgIpc) is 2.37. The first-order valence-electron chi connectivity index (χ1n) is 5.73. The molecule has 1 aromatic rings. The SMILES string of the molecule is CCC(C#N)Oc1c(CNC)cc(Cl)cc1OC.